The molecule has 1 aliphatic heterocycles. The number of carbonyl (C=O) groups is 1. The van der Waals surface area contributed by atoms with E-state index in [0.717, 1.165) is 39.0 Å². The van der Waals surface area contributed by atoms with Crippen LogP contribution < -0.4 is 5.73 Å². The summed E-state index contributed by atoms with van der Waals surface area (Å²) in [5.41, 5.74) is 5.63. The Kier molecular flexibility index (Phi) is 5.05. The number of hydrogen-bond acceptors (Lipinski definition) is 3. The zero-order valence-electron chi connectivity index (χ0n) is 9.91. The van der Waals surface area contributed by atoms with E-state index in [1.165, 1.54) is 0 Å². The molecule has 0 aliphatic carbocycles. The molecule has 1 rings (SSSR count). The number of nitrogens with two attached hydrogens (primary N) is 1. The molecule has 0 atom stereocenters. The normalized spacial score (nSPS) is 19.1. The van der Waals surface area contributed by atoms with Crippen LogP contribution in [0.25, 0.3) is 0 Å². The van der Waals surface area contributed by atoms with Gasteiger partial charge in [0.2, 0.25) is 5.91 Å². The lowest BCUT2D eigenvalue weighted by Crippen LogP contribution is -2.43. The number of rotatable bonds is 4. The minimum atomic E-state index is 0.226. The van der Waals surface area contributed by atoms with E-state index in [1.807, 2.05) is 14.0 Å². The molecule has 15 heavy (non-hydrogen) atoms. The second kappa shape index (κ2) is 6.08. The lowest BCUT2D eigenvalue weighted by Gasteiger charge is -2.31. The topological polar surface area (TPSA) is 49.6 Å². The number of hydrogen-bond donors (Lipinski definition) is 1. The molecule has 4 heteroatoms. The Labute approximate surface area is 92.4 Å². The summed E-state index contributed by atoms with van der Waals surface area (Å²) >= 11 is 0. The van der Waals surface area contributed by atoms with Crippen LogP contribution in [-0.2, 0) is 4.79 Å². The van der Waals surface area contributed by atoms with Gasteiger partial charge in [0.15, 0.2) is 0 Å². The van der Waals surface area contributed by atoms with Crippen molar-refractivity contribution in [2.75, 3.05) is 39.8 Å². The minimum Gasteiger partial charge on any atom is -0.345 e. The third-order valence-electron chi connectivity index (χ3n) is 3.30. The van der Waals surface area contributed by atoms with Gasteiger partial charge in [0.05, 0.1) is 6.54 Å². The lowest BCUT2D eigenvalue weighted by molar-refractivity contribution is -0.131. The Balaban J connectivity index is 2.26. The highest BCUT2D eigenvalue weighted by Crippen LogP contribution is 2.15. The van der Waals surface area contributed by atoms with Crippen molar-refractivity contribution < 1.29 is 4.79 Å². The average molecular weight is 213 g/mol. The van der Waals surface area contributed by atoms with Gasteiger partial charge in [0, 0.05) is 13.6 Å². The molecule has 0 spiro atoms. The van der Waals surface area contributed by atoms with Gasteiger partial charge in [0.25, 0.3) is 0 Å². The fourth-order valence-electron chi connectivity index (χ4n) is 1.87. The molecule has 1 fully saturated rings. The Hall–Kier alpha value is -0.610. The first-order valence-electron chi connectivity index (χ1n) is 5.83. The molecule has 1 heterocycles. The zero-order chi connectivity index (χ0) is 11.3. The summed E-state index contributed by atoms with van der Waals surface area (Å²) in [6, 6.07) is 0. The van der Waals surface area contributed by atoms with Crippen LogP contribution in [-0.4, -0.2) is 55.5 Å². The molecular weight excluding hydrogens is 190 g/mol. The van der Waals surface area contributed by atoms with E-state index in [-0.39, 0.29) is 5.91 Å². The Morgan fingerprint density at radius 3 is 2.53 bits per heavy atom. The van der Waals surface area contributed by atoms with Crippen molar-refractivity contribution in [3.63, 3.8) is 0 Å². The van der Waals surface area contributed by atoms with Crippen molar-refractivity contribution in [2.24, 2.45) is 11.7 Å². The van der Waals surface area contributed by atoms with Gasteiger partial charge in [-0.3, -0.25) is 9.69 Å². The molecule has 0 unspecified atom stereocenters. The highest BCUT2D eigenvalue weighted by molar-refractivity contribution is 5.77. The van der Waals surface area contributed by atoms with Crippen LogP contribution in [0, 0.1) is 5.92 Å². The van der Waals surface area contributed by atoms with Crippen LogP contribution in [0.3, 0.4) is 0 Å². The molecule has 0 aromatic rings. The molecule has 1 aliphatic rings. The largest absolute Gasteiger partial charge is 0.345 e. The summed E-state index contributed by atoms with van der Waals surface area (Å²) in [4.78, 5) is 15.7. The summed E-state index contributed by atoms with van der Waals surface area (Å²) in [7, 11) is 1.86. The SMILES string of the molecule is CCN(C)C(=O)CN1CCC(CN)CC1. The molecule has 0 saturated carbocycles. The molecule has 0 radical (unpaired) electrons. The van der Waals surface area contributed by atoms with E-state index in [0.29, 0.717) is 12.5 Å². The molecular formula is C11H23N3O. The van der Waals surface area contributed by atoms with Crippen LogP contribution in [0.1, 0.15) is 19.8 Å². The third-order valence-corrected chi connectivity index (χ3v) is 3.30. The molecule has 0 bridgehead atoms. The van der Waals surface area contributed by atoms with Gasteiger partial charge < -0.3 is 10.6 Å². The van der Waals surface area contributed by atoms with E-state index in [2.05, 4.69) is 4.90 Å². The summed E-state index contributed by atoms with van der Waals surface area (Å²) in [6.07, 6.45) is 2.28. The minimum absolute atomic E-state index is 0.226. The Morgan fingerprint density at radius 2 is 2.07 bits per heavy atom. The number of amides is 1. The van der Waals surface area contributed by atoms with Gasteiger partial charge in [-0.25, -0.2) is 0 Å². The molecule has 0 aromatic carbocycles. The maximum atomic E-state index is 11.7. The van der Waals surface area contributed by atoms with Crippen molar-refractivity contribution >= 4 is 5.91 Å². The van der Waals surface area contributed by atoms with E-state index >= 15 is 0 Å². The summed E-state index contributed by atoms with van der Waals surface area (Å²) in [5.74, 6) is 0.893. The van der Waals surface area contributed by atoms with Crippen molar-refractivity contribution in [2.45, 2.75) is 19.8 Å². The van der Waals surface area contributed by atoms with Crippen molar-refractivity contribution in [3.05, 3.63) is 0 Å². The summed E-state index contributed by atoms with van der Waals surface area (Å²) < 4.78 is 0. The quantitative estimate of drug-likeness (QED) is 0.722. The highest BCUT2D eigenvalue weighted by Gasteiger charge is 2.20. The number of likely N-dealkylation sites (tertiary alicyclic amines) is 1. The van der Waals surface area contributed by atoms with Crippen LogP contribution in [0.5, 0.6) is 0 Å². The van der Waals surface area contributed by atoms with Crippen molar-refractivity contribution in [1.29, 1.82) is 0 Å². The van der Waals surface area contributed by atoms with Crippen molar-refractivity contribution in [1.82, 2.24) is 9.80 Å². The molecule has 1 saturated heterocycles. The number of piperidine rings is 1. The first-order valence-corrected chi connectivity index (χ1v) is 5.83. The van der Waals surface area contributed by atoms with E-state index in [1.54, 1.807) is 4.90 Å². The first-order chi connectivity index (χ1) is 7.17. The first kappa shape index (κ1) is 12.5. The fraction of sp³-hybridized carbons (Fsp3) is 0.909. The van der Waals surface area contributed by atoms with Gasteiger partial charge in [-0.05, 0) is 45.3 Å². The van der Waals surface area contributed by atoms with Crippen LogP contribution in [0.4, 0.5) is 0 Å². The van der Waals surface area contributed by atoms with Crippen molar-refractivity contribution in [3.8, 4) is 0 Å². The molecule has 0 aromatic heterocycles. The maximum Gasteiger partial charge on any atom is 0.236 e. The number of nitrogens with zero attached hydrogens (tertiary/aromatic N) is 2. The van der Waals surface area contributed by atoms with Gasteiger partial charge in [-0.15, -0.1) is 0 Å². The monoisotopic (exact) mass is 213 g/mol. The van der Waals surface area contributed by atoms with Gasteiger partial charge in [-0.2, -0.15) is 0 Å². The fourth-order valence-corrected chi connectivity index (χ4v) is 1.87. The van der Waals surface area contributed by atoms with E-state index < -0.39 is 0 Å². The number of likely N-dealkylation sites (N-methyl/N-ethyl adjacent to an activating group) is 1. The second-order valence-corrected chi connectivity index (χ2v) is 4.36. The third kappa shape index (κ3) is 3.80. The number of carbonyl (C=O) groups excluding carboxylic acids is 1. The predicted octanol–water partition coefficient (Wildman–Crippen LogP) is 0.135. The summed E-state index contributed by atoms with van der Waals surface area (Å²) in [6.45, 7) is 6.19. The second-order valence-electron chi connectivity index (χ2n) is 4.36. The van der Waals surface area contributed by atoms with Crippen LogP contribution in [0.15, 0.2) is 0 Å². The molecule has 88 valence electrons. The Morgan fingerprint density at radius 1 is 1.47 bits per heavy atom. The zero-order valence-corrected chi connectivity index (χ0v) is 9.91. The predicted molar refractivity (Wildman–Crippen MR) is 61.5 cm³/mol. The molecule has 1 amide bonds. The van der Waals surface area contributed by atoms with E-state index in [4.69, 9.17) is 5.73 Å². The lowest BCUT2D eigenvalue weighted by atomic mass is 9.97. The van der Waals surface area contributed by atoms with Gasteiger partial charge in [-0.1, -0.05) is 0 Å². The van der Waals surface area contributed by atoms with E-state index in [9.17, 15) is 4.79 Å². The van der Waals surface area contributed by atoms with Gasteiger partial charge in [0.1, 0.15) is 0 Å². The van der Waals surface area contributed by atoms with Gasteiger partial charge >= 0.3 is 0 Å². The van der Waals surface area contributed by atoms with Crippen LogP contribution >= 0.6 is 0 Å². The maximum absolute atomic E-state index is 11.7. The molecule has 2 N–H and O–H groups in total. The standard InChI is InChI=1S/C11H23N3O/c1-3-13(2)11(15)9-14-6-4-10(8-12)5-7-14/h10H,3-9,12H2,1-2H3. The smallest absolute Gasteiger partial charge is 0.236 e. The average Bonchev–Trinajstić information content (AvgIpc) is 2.29. The Bertz CT molecular complexity index is 200. The summed E-state index contributed by atoms with van der Waals surface area (Å²) in [5, 5.41) is 0. The molecule has 4 nitrogen and oxygen atoms in total. The van der Waals surface area contributed by atoms with Crippen LogP contribution in [0.2, 0.25) is 0 Å². The highest BCUT2D eigenvalue weighted by atomic mass is 16.2.